The average Bonchev–Trinajstić information content (AvgIpc) is 2.50. The minimum Gasteiger partial charge on any atom is -0.304 e. The van der Waals surface area contributed by atoms with Crippen LogP contribution < -0.4 is 0 Å². The van der Waals surface area contributed by atoms with Gasteiger partial charge in [-0.05, 0) is 57.3 Å². The fourth-order valence-corrected chi connectivity index (χ4v) is 2.15. The molecule has 1 nitrogen and oxygen atoms in total. The molecule has 0 aromatic carbocycles. The van der Waals surface area contributed by atoms with Crippen molar-refractivity contribution in [1.29, 1.82) is 0 Å². The van der Waals surface area contributed by atoms with Crippen LogP contribution in [0.25, 0.3) is 0 Å². The Balaban J connectivity index is 0. The summed E-state index contributed by atoms with van der Waals surface area (Å²) in [4.78, 5) is 2.42. The zero-order valence-electron chi connectivity index (χ0n) is 14.7. The Labute approximate surface area is 122 Å². The van der Waals surface area contributed by atoms with Crippen LogP contribution in [0.5, 0.6) is 0 Å². The van der Waals surface area contributed by atoms with Crippen molar-refractivity contribution in [1.82, 2.24) is 4.90 Å². The van der Waals surface area contributed by atoms with E-state index in [1.165, 1.54) is 25.7 Å². The van der Waals surface area contributed by atoms with E-state index in [1.807, 2.05) is 27.7 Å². The maximum absolute atomic E-state index is 2.44. The predicted molar refractivity (Wildman–Crippen MR) is 90.8 cm³/mol. The van der Waals surface area contributed by atoms with E-state index in [1.54, 1.807) is 11.1 Å². The van der Waals surface area contributed by atoms with Crippen LogP contribution in [0.1, 0.15) is 74.1 Å². The molecule has 1 atom stereocenters. The van der Waals surface area contributed by atoms with E-state index >= 15 is 0 Å². The summed E-state index contributed by atoms with van der Waals surface area (Å²) in [6.07, 6.45) is 9.75. The Bertz CT molecular complexity index is 250. The van der Waals surface area contributed by atoms with E-state index in [2.05, 4.69) is 44.9 Å². The number of hydrogen-bond donors (Lipinski definition) is 0. The van der Waals surface area contributed by atoms with Crippen molar-refractivity contribution >= 4 is 0 Å². The summed E-state index contributed by atoms with van der Waals surface area (Å²) in [6, 6.07) is 0.661. The molecule has 1 aliphatic rings. The maximum Gasteiger partial charge on any atom is 0.0104 e. The van der Waals surface area contributed by atoms with Gasteiger partial charge in [-0.25, -0.2) is 0 Å². The highest BCUT2D eigenvalue weighted by atomic mass is 15.1. The van der Waals surface area contributed by atoms with E-state index in [4.69, 9.17) is 0 Å². The molecular weight excluding hydrogens is 230 g/mol. The number of rotatable bonds is 5. The number of hydrogen-bond acceptors (Lipinski definition) is 1. The van der Waals surface area contributed by atoms with Gasteiger partial charge in [0.05, 0.1) is 0 Å². The molecule has 0 fully saturated rings. The Hall–Kier alpha value is -0.560. The molecular formula is C18H37N. The SMILES string of the molecule is CC.CC.CCC1=CCCC=C1CC(C)N(C)CC. The fourth-order valence-electron chi connectivity index (χ4n) is 2.15. The highest BCUT2D eigenvalue weighted by Crippen LogP contribution is 2.26. The van der Waals surface area contributed by atoms with Crippen molar-refractivity contribution in [3.8, 4) is 0 Å². The van der Waals surface area contributed by atoms with Crippen LogP contribution in [0, 0.1) is 0 Å². The van der Waals surface area contributed by atoms with Crippen LogP contribution in [0.3, 0.4) is 0 Å². The molecule has 0 amide bonds. The molecule has 0 aliphatic heterocycles. The zero-order valence-corrected chi connectivity index (χ0v) is 14.7. The smallest absolute Gasteiger partial charge is 0.0104 e. The molecule has 0 saturated carbocycles. The first-order chi connectivity index (χ1) is 9.19. The summed E-state index contributed by atoms with van der Waals surface area (Å²) in [6.45, 7) is 16.0. The van der Waals surface area contributed by atoms with E-state index in [9.17, 15) is 0 Å². The Morgan fingerprint density at radius 3 is 1.89 bits per heavy atom. The van der Waals surface area contributed by atoms with Crippen molar-refractivity contribution in [2.45, 2.75) is 80.2 Å². The number of nitrogens with zero attached hydrogens (tertiary/aromatic N) is 1. The van der Waals surface area contributed by atoms with Gasteiger partial charge in [0.1, 0.15) is 0 Å². The van der Waals surface area contributed by atoms with Gasteiger partial charge < -0.3 is 4.90 Å². The molecule has 1 heteroatoms. The van der Waals surface area contributed by atoms with Crippen molar-refractivity contribution < 1.29 is 0 Å². The van der Waals surface area contributed by atoms with Gasteiger partial charge in [-0.2, -0.15) is 0 Å². The second-order valence-corrected chi connectivity index (χ2v) is 4.52. The third kappa shape index (κ3) is 8.26. The zero-order chi connectivity index (χ0) is 15.3. The molecule has 0 aromatic heterocycles. The van der Waals surface area contributed by atoms with Gasteiger partial charge in [0, 0.05) is 6.04 Å². The van der Waals surface area contributed by atoms with Crippen molar-refractivity contribution in [2.75, 3.05) is 13.6 Å². The first-order valence-corrected chi connectivity index (χ1v) is 8.27. The molecule has 0 saturated heterocycles. The molecule has 1 rings (SSSR count). The molecule has 0 bridgehead atoms. The summed E-state index contributed by atoms with van der Waals surface area (Å²) in [5, 5.41) is 0. The molecule has 0 radical (unpaired) electrons. The van der Waals surface area contributed by atoms with Gasteiger partial charge in [-0.1, -0.05) is 53.7 Å². The lowest BCUT2D eigenvalue weighted by molar-refractivity contribution is 0.269. The van der Waals surface area contributed by atoms with Crippen LogP contribution in [0.15, 0.2) is 23.3 Å². The van der Waals surface area contributed by atoms with Gasteiger partial charge in [-0.15, -0.1) is 0 Å². The van der Waals surface area contributed by atoms with Crippen LogP contribution in [-0.4, -0.2) is 24.5 Å². The standard InChI is InChI=1S/C14H25N.2C2H6/c1-5-13-9-7-8-10-14(13)11-12(3)15(4)6-2;2*1-2/h9-10,12H,5-8,11H2,1-4H3;2*1-2H3. The summed E-state index contributed by atoms with van der Waals surface area (Å²) in [7, 11) is 2.21. The maximum atomic E-state index is 2.44. The summed E-state index contributed by atoms with van der Waals surface area (Å²) in [5.41, 5.74) is 3.18. The van der Waals surface area contributed by atoms with Crippen LogP contribution in [0.4, 0.5) is 0 Å². The Morgan fingerprint density at radius 2 is 1.47 bits per heavy atom. The minimum atomic E-state index is 0.661. The topological polar surface area (TPSA) is 3.24 Å². The van der Waals surface area contributed by atoms with Crippen molar-refractivity contribution in [2.24, 2.45) is 0 Å². The molecule has 114 valence electrons. The highest BCUT2D eigenvalue weighted by Gasteiger charge is 2.13. The van der Waals surface area contributed by atoms with Gasteiger partial charge in [-0.3, -0.25) is 0 Å². The van der Waals surface area contributed by atoms with Crippen molar-refractivity contribution in [3.05, 3.63) is 23.3 Å². The van der Waals surface area contributed by atoms with E-state index in [-0.39, 0.29) is 0 Å². The summed E-state index contributed by atoms with van der Waals surface area (Å²) < 4.78 is 0. The van der Waals surface area contributed by atoms with Gasteiger partial charge >= 0.3 is 0 Å². The van der Waals surface area contributed by atoms with E-state index in [0.717, 1.165) is 6.54 Å². The highest BCUT2D eigenvalue weighted by molar-refractivity contribution is 5.33. The second-order valence-electron chi connectivity index (χ2n) is 4.52. The first-order valence-electron chi connectivity index (χ1n) is 8.27. The monoisotopic (exact) mass is 267 g/mol. The molecule has 0 aromatic rings. The third-order valence-corrected chi connectivity index (χ3v) is 3.51. The third-order valence-electron chi connectivity index (χ3n) is 3.51. The van der Waals surface area contributed by atoms with E-state index < -0.39 is 0 Å². The Morgan fingerprint density at radius 1 is 1.00 bits per heavy atom. The van der Waals surface area contributed by atoms with Crippen molar-refractivity contribution in [3.63, 3.8) is 0 Å². The Kier molecular flexibility index (Phi) is 15.1. The van der Waals surface area contributed by atoms with Crippen LogP contribution in [0.2, 0.25) is 0 Å². The molecule has 0 spiro atoms. The van der Waals surface area contributed by atoms with Gasteiger partial charge in [0.25, 0.3) is 0 Å². The lowest BCUT2D eigenvalue weighted by Crippen LogP contribution is -2.29. The molecule has 0 heterocycles. The minimum absolute atomic E-state index is 0.661. The van der Waals surface area contributed by atoms with Gasteiger partial charge in [0.2, 0.25) is 0 Å². The largest absolute Gasteiger partial charge is 0.304 e. The predicted octanol–water partition coefficient (Wildman–Crippen LogP) is 5.83. The second kappa shape index (κ2) is 13.9. The normalized spacial score (nSPS) is 15.4. The molecule has 1 aliphatic carbocycles. The average molecular weight is 268 g/mol. The fraction of sp³-hybridized carbons (Fsp3) is 0.778. The first kappa shape index (κ1) is 20.8. The molecule has 19 heavy (non-hydrogen) atoms. The lowest BCUT2D eigenvalue weighted by atomic mass is 9.91. The summed E-state index contributed by atoms with van der Waals surface area (Å²) >= 11 is 0. The van der Waals surface area contributed by atoms with Crippen LogP contribution in [-0.2, 0) is 0 Å². The van der Waals surface area contributed by atoms with Crippen LogP contribution >= 0.6 is 0 Å². The lowest BCUT2D eigenvalue weighted by Gasteiger charge is -2.26. The van der Waals surface area contributed by atoms with Gasteiger partial charge in [0.15, 0.2) is 0 Å². The molecule has 0 N–H and O–H groups in total. The summed E-state index contributed by atoms with van der Waals surface area (Å²) in [5.74, 6) is 0. The van der Waals surface area contributed by atoms with E-state index in [0.29, 0.717) is 6.04 Å². The number of allylic oxidation sites excluding steroid dienone is 3. The quantitative estimate of drug-likeness (QED) is 0.606. The molecule has 1 unspecified atom stereocenters.